The summed E-state index contributed by atoms with van der Waals surface area (Å²) in [4.78, 5) is 51.4. The van der Waals surface area contributed by atoms with E-state index in [9.17, 15) is 19.2 Å². The van der Waals surface area contributed by atoms with E-state index in [0.29, 0.717) is 29.1 Å². The Morgan fingerprint density at radius 3 is 2.62 bits per heavy atom. The van der Waals surface area contributed by atoms with Crippen LogP contribution in [0.4, 0.5) is 16.4 Å². The van der Waals surface area contributed by atoms with E-state index < -0.39 is 11.9 Å². The number of carbonyl (C=O) groups excluding carboxylic acids is 4. The third-order valence-electron chi connectivity index (χ3n) is 5.02. The average Bonchev–Trinajstić information content (AvgIpc) is 3.34. The zero-order chi connectivity index (χ0) is 23.3. The summed E-state index contributed by atoms with van der Waals surface area (Å²) in [7, 11) is 1.50. The van der Waals surface area contributed by atoms with Crippen molar-refractivity contribution in [1.29, 1.82) is 0 Å². The molecule has 1 aliphatic heterocycles. The fraction of sp³-hybridized carbons (Fsp3) is 0.364. The fourth-order valence-corrected chi connectivity index (χ4v) is 4.65. The number of amides is 3. The number of hydrogen-bond donors (Lipinski definition) is 3. The fourth-order valence-electron chi connectivity index (χ4n) is 3.49. The second-order valence-corrected chi connectivity index (χ2v) is 8.15. The van der Waals surface area contributed by atoms with Crippen LogP contribution in [0, 0.1) is 6.92 Å². The minimum atomic E-state index is -0.599. The Balaban J connectivity index is 1.76. The van der Waals surface area contributed by atoms with Gasteiger partial charge in [-0.3, -0.25) is 14.4 Å². The molecule has 2 heterocycles. The number of benzene rings is 1. The van der Waals surface area contributed by atoms with E-state index in [1.54, 1.807) is 24.8 Å². The molecule has 1 saturated heterocycles. The first-order valence-corrected chi connectivity index (χ1v) is 11.1. The van der Waals surface area contributed by atoms with Crippen LogP contribution in [0.25, 0.3) is 0 Å². The van der Waals surface area contributed by atoms with Gasteiger partial charge < -0.3 is 25.6 Å². The molecule has 1 fully saturated rings. The van der Waals surface area contributed by atoms with E-state index in [-0.39, 0.29) is 35.5 Å². The Kier molecular flexibility index (Phi) is 7.47. The molecule has 1 aromatic carbocycles. The van der Waals surface area contributed by atoms with E-state index >= 15 is 0 Å². The third-order valence-corrected chi connectivity index (χ3v) is 6.23. The lowest BCUT2D eigenvalue weighted by Crippen LogP contribution is -2.27. The molecule has 0 saturated carbocycles. The van der Waals surface area contributed by atoms with Gasteiger partial charge >= 0.3 is 5.97 Å². The monoisotopic (exact) mass is 458 g/mol. The molecule has 0 spiro atoms. The van der Waals surface area contributed by atoms with Crippen LogP contribution in [0.15, 0.2) is 24.3 Å². The van der Waals surface area contributed by atoms with Gasteiger partial charge in [-0.1, -0.05) is 12.1 Å². The summed E-state index contributed by atoms with van der Waals surface area (Å²) in [5, 5.41) is 8.57. The molecule has 0 atom stereocenters. The minimum Gasteiger partial charge on any atom is -0.462 e. The van der Waals surface area contributed by atoms with Crippen molar-refractivity contribution in [2.24, 2.45) is 0 Å². The number of nitrogens with zero attached hydrogens (tertiary/aromatic N) is 1. The summed E-state index contributed by atoms with van der Waals surface area (Å²) < 4.78 is 5.10. The molecule has 9 nitrogen and oxygen atoms in total. The molecular weight excluding hydrogens is 432 g/mol. The SMILES string of the molecule is CCOC(=O)c1c(NC(=O)CNc2ccccc2N2CCCC2=O)sc(C(=O)NC)c1C. The molecule has 1 aliphatic rings. The Labute approximate surface area is 190 Å². The first-order valence-electron chi connectivity index (χ1n) is 10.3. The lowest BCUT2D eigenvalue weighted by Gasteiger charge is -2.20. The van der Waals surface area contributed by atoms with Gasteiger partial charge in [0.15, 0.2) is 0 Å². The predicted octanol–water partition coefficient (Wildman–Crippen LogP) is 2.77. The van der Waals surface area contributed by atoms with Crippen LogP contribution in [-0.4, -0.2) is 50.4 Å². The Hall–Kier alpha value is -3.40. The van der Waals surface area contributed by atoms with Gasteiger partial charge in [0.1, 0.15) is 5.00 Å². The molecule has 3 N–H and O–H groups in total. The van der Waals surface area contributed by atoms with Crippen LogP contribution >= 0.6 is 11.3 Å². The molecule has 2 aromatic rings. The van der Waals surface area contributed by atoms with Crippen LogP contribution in [0.5, 0.6) is 0 Å². The summed E-state index contributed by atoms with van der Waals surface area (Å²) in [5.74, 6) is -1.29. The zero-order valence-electron chi connectivity index (χ0n) is 18.2. The standard InChI is InChI=1S/C22H26N4O5S/c1-4-31-22(30)18-13(2)19(20(29)23-3)32-21(18)25-16(27)12-24-14-8-5-6-9-15(14)26-11-7-10-17(26)28/h5-6,8-9,24H,4,7,10-12H2,1-3H3,(H,23,29)(H,25,27). The topological polar surface area (TPSA) is 117 Å². The van der Waals surface area contributed by atoms with Crippen LogP contribution in [-0.2, 0) is 14.3 Å². The van der Waals surface area contributed by atoms with Gasteiger partial charge in [0.25, 0.3) is 5.91 Å². The molecule has 3 amide bonds. The first-order chi connectivity index (χ1) is 15.4. The predicted molar refractivity (Wildman–Crippen MR) is 124 cm³/mol. The number of rotatable bonds is 8. The third kappa shape index (κ3) is 4.91. The highest BCUT2D eigenvalue weighted by molar-refractivity contribution is 7.18. The molecule has 32 heavy (non-hydrogen) atoms. The molecule has 0 aliphatic carbocycles. The van der Waals surface area contributed by atoms with Gasteiger partial charge in [-0.2, -0.15) is 0 Å². The van der Waals surface area contributed by atoms with Crippen molar-refractivity contribution in [2.75, 3.05) is 42.3 Å². The molecule has 0 unspecified atom stereocenters. The van der Waals surface area contributed by atoms with E-state index in [2.05, 4.69) is 16.0 Å². The van der Waals surface area contributed by atoms with E-state index in [4.69, 9.17) is 4.74 Å². The van der Waals surface area contributed by atoms with Crippen molar-refractivity contribution >= 4 is 51.4 Å². The smallest absolute Gasteiger partial charge is 0.341 e. The normalized spacial score (nSPS) is 13.1. The zero-order valence-corrected chi connectivity index (χ0v) is 19.1. The molecule has 0 radical (unpaired) electrons. The van der Waals surface area contributed by atoms with Crippen LogP contribution in [0.3, 0.4) is 0 Å². The number of ether oxygens (including phenoxy) is 1. The van der Waals surface area contributed by atoms with Gasteiger partial charge in [-0.25, -0.2) is 4.79 Å². The number of nitrogens with one attached hydrogen (secondary N) is 3. The molecule has 170 valence electrons. The number of hydrogen-bond acceptors (Lipinski definition) is 7. The maximum atomic E-state index is 12.7. The van der Waals surface area contributed by atoms with Gasteiger partial charge in [0.05, 0.1) is 35.0 Å². The molecule has 3 rings (SSSR count). The summed E-state index contributed by atoms with van der Waals surface area (Å²) in [6.07, 6.45) is 1.31. The van der Waals surface area contributed by atoms with Crippen LogP contribution < -0.4 is 20.9 Å². The Bertz CT molecular complexity index is 1050. The highest BCUT2D eigenvalue weighted by Crippen LogP contribution is 2.34. The number of thiophene rings is 1. The van der Waals surface area contributed by atoms with Crippen molar-refractivity contribution in [3.05, 3.63) is 40.3 Å². The number of para-hydroxylation sites is 2. The minimum absolute atomic E-state index is 0.0542. The quantitative estimate of drug-likeness (QED) is 0.524. The lowest BCUT2D eigenvalue weighted by atomic mass is 10.1. The van der Waals surface area contributed by atoms with Crippen LogP contribution in [0.2, 0.25) is 0 Å². The van der Waals surface area contributed by atoms with Crippen molar-refractivity contribution in [2.45, 2.75) is 26.7 Å². The number of anilines is 3. The van der Waals surface area contributed by atoms with Crippen molar-refractivity contribution < 1.29 is 23.9 Å². The molecule has 10 heteroatoms. The average molecular weight is 459 g/mol. The molecular formula is C22H26N4O5S. The highest BCUT2D eigenvalue weighted by atomic mass is 32.1. The van der Waals surface area contributed by atoms with E-state index in [0.717, 1.165) is 23.4 Å². The van der Waals surface area contributed by atoms with E-state index in [1.807, 2.05) is 18.2 Å². The summed E-state index contributed by atoms with van der Waals surface area (Å²) in [6, 6.07) is 7.30. The largest absolute Gasteiger partial charge is 0.462 e. The number of carbonyl (C=O) groups is 4. The van der Waals surface area contributed by atoms with Crippen molar-refractivity contribution in [1.82, 2.24) is 5.32 Å². The summed E-state index contributed by atoms with van der Waals surface area (Å²) >= 11 is 1.02. The van der Waals surface area contributed by atoms with Crippen molar-refractivity contribution in [3.63, 3.8) is 0 Å². The first kappa shape index (κ1) is 23.3. The number of esters is 1. The maximum absolute atomic E-state index is 12.7. The second kappa shape index (κ2) is 10.3. The van der Waals surface area contributed by atoms with Crippen molar-refractivity contribution in [3.8, 4) is 0 Å². The molecule has 1 aromatic heterocycles. The van der Waals surface area contributed by atoms with Crippen LogP contribution in [0.1, 0.15) is 45.4 Å². The lowest BCUT2D eigenvalue weighted by molar-refractivity contribution is -0.117. The summed E-state index contributed by atoms with van der Waals surface area (Å²) in [5.41, 5.74) is 2.02. The second-order valence-electron chi connectivity index (χ2n) is 7.13. The highest BCUT2D eigenvalue weighted by Gasteiger charge is 2.27. The van der Waals surface area contributed by atoms with Gasteiger partial charge in [0.2, 0.25) is 11.8 Å². The Morgan fingerprint density at radius 2 is 1.97 bits per heavy atom. The van der Waals surface area contributed by atoms with Gasteiger partial charge in [-0.05, 0) is 38.0 Å². The van der Waals surface area contributed by atoms with Gasteiger partial charge in [0, 0.05) is 20.0 Å². The summed E-state index contributed by atoms with van der Waals surface area (Å²) in [6.45, 7) is 4.05. The van der Waals surface area contributed by atoms with Gasteiger partial charge in [-0.15, -0.1) is 11.3 Å². The van der Waals surface area contributed by atoms with E-state index in [1.165, 1.54) is 7.05 Å². The molecule has 0 bridgehead atoms. The Morgan fingerprint density at radius 1 is 1.22 bits per heavy atom. The maximum Gasteiger partial charge on any atom is 0.341 e.